The molecule has 0 spiro atoms. The highest BCUT2D eigenvalue weighted by Gasteiger charge is 2.29. The lowest BCUT2D eigenvalue weighted by atomic mass is 9.91. The number of nitrogens with one attached hydrogen (secondary N) is 1. The van der Waals surface area contributed by atoms with Crippen molar-refractivity contribution in [3.05, 3.63) is 35.4 Å². The van der Waals surface area contributed by atoms with Crippen LogP contribution in [0, 0.1) is 18.8 Å². The van der Waals surface area contributed by atoms with E-state index in [1.807, 2.05) is 0 Å². The third kappa shape index (κ3) is 3.35. The molecule has 1 aliphatic rings. The average molecular weight is 245 g/mol. The molecule has 1 aromatic rings. The molecule has 0 saturated heterocycles. The Labute approximate surface area is 112 Å². The smallest absolute Gasteiger partial charge is 0.0133 e. The third-order valence-corrected chi connectivity index (χ3v) is 4.68. The Morgan fingerprint density at radius 2 is 1.94 bits per heavy atom. The van der Waals surface area contributed by atoms with Crippen LogP contribution in [-0.2, 0) is 6.42 Å². The molecule has 1 N–H and O–H groups in total. The van der Waals surface area contributed by atoms with Crippen molar-refractivity contribution in [2.45, 2.75) is 52.0 Å². The summed E-state index contributed by atoms with van der Waals surface area (Å²) >= 11 is 0. The summed E-state index contributed by atoms with van der Waals surface area (Å²) in [6, 6.07) is 9.68. The summed E-state index contributed by atoms with van der Waals surface area (Å²) in [7, 11) is 2.12. The minimum atomic E-state index is 0.657. The molecule has 0 bridgehead atoms. The summed E-state index contributed by atoms with van der Waals surface area (Å²) in [5.74, 6) is 1.85. The summed E-state index contributed by atoms with van der Waals surface area (Å²) in [5.41, 5.74) is 2.83. The molecule has 1 aliphatic carbocycles. The van der Waals surface area contributed by atoms with Crippen LogP contribution in [-0.4, -0.2) is 13.1 Å². The Balaban J connectivity index is 1.95. The van der Waals surface area contributed by atoms with Gasteiger partial charge in [-0.15, -0.1) is 0 Å². The quantitative estimate of drug-likeness (QED) is 0.828. The molecule has 1 fully saturated rings. The van der Waals surface area contributed by atoms with Gasteiger partial charge in [0.05, 0.1) is 0 Å². The number of hydrogen-bond acceptors (Lipinski definition) is 1. The number of rotatable bonds is 5. The van der Waals surface area contributed by atoms with Gasteiger partial charge < -0.3 is 5.32 Å². The molecule has 100 valence electrons. The van der Waals surface area contributed by atoms with E-state index in [0.717, 1.165) is 11.8 Å². The van der Waals surface area contributed by atoms with Gasteiger partial charge in [0, 0.05) is 6.04 Å². The van der Waals surface area contributed by atoms with E-state index in [4.69, 9.17) is 0 Å². The van der Waals surface area contributed by atoms with Crippen LogP contribution < -0.4 is 5.32 Å². The lowest BCUT2D eigenvalue weighted by Crippen LogP contribution is -2.34. The molecule has 1 nitrogen and oxygen atoms in total. The van der Waals surface area contributed by atoms with Gasteiger partial charge in [0.15, 0.2) is 0 Å². The molecule has 0 aromatic heterocycles. The fourth-order valence-electron chi connectivity index (χ4n) is 3.33. The Morgan fingerprint density at radius 3 is 2.50 bits per heavy atom. The fourth-order valence-corrected chi connectivity index (χ4v) is 3.33. The van der Waals surface area contributed by atoms with Crippen molar-refractivity contribution in [3.63, 3.8) is 0 Å². The molecule has 3 atom stereocenters. The first kappa shape index (κ1) is 13.6. The normalized spacial score (nSPS) is 25.3. The van der Waals surface area contributed by atoms with E-state index in [2.05, 4.69) is 50.5 Å². The van der Waals surface area contributed by atoms with Gasteiger partial charge in [-0.25, -0.2) is 0 Å². The maximum Gasteiger partial charge on any atom is 0.0133 e. The molecule has 0 radical (unpaired) electrons. The number of benzene rings is 1. The fraction of sp³-hybridized carbons (Fsp3) is 0.647. The Hall–Kier alpha value is -0.820. The van der Waals surface area contributed by atoms with Gasteiger partial charge in [-0.05, 0) is 50.6 Å². The standard InChI is InChI=1S/C17H27N/c1-4-14-9-10-16(11-14)17(18-3)12-15-7-5-13(2)6-8-15/h5-8,14,16-18H,4,9-12H2,1-3H3. The van der Waals surface area contributed by atoms with E-state index in [1.54, 1.807) is 0 Å². The molecular formula is C17H27N. The summed E-state index contributed by atoms with van der Waals surface area (Å²) in [6.45, 7) is 4.49. The van der Waals surface area contributed by atoms with Crippen molar-refractivity contribution in [2.24, 2.45) is 11.8 Å². The second-order valence-electron chi connectivity index (χ2n) is 5.93. The Bertz CT molecular complexity index is 354. The summed E-state index contributed by atoms with van der Waals surface area (Å²) in [4.78, 5) is 0. The molecule has 1 heteroatoms. The van der Waals surface area contributed by atoms with Crippen molar-refractivity contribution >= 4 is 0 Å². The van der Waals surface area contributed by atoms with Crippen molar-refractivity contribution in [1.82, 2.24) is 5.32 Å². The predicted octanol–water partition coefficient (Wildman–Crippen LogP) is 3.95. The van der Waals surface area contributed by atoms with E-state index in [0.29, 0.717) is 6.04 Å². The van der Waals surface area contributed by atoms with Gasteiger partial charge in [0.2, 0.25) is 0 Å². The monoisotopic (exact) mass is 245 g/mol. The Kier molecular flexibility index (Phi) is 4.82. The van der Waals surface area contributed by atoms with Crippen LogP contribution in [0.15, 0.2) is 24.3 Å². The molecule has 0 heterocycles. The van der Waals surface area contributed by atoms with Crippen molar-refractivity contribution in [3.8, 4) is 0 Å². The summed E-state index contributed by atoms with van der Waals surface area (Å²) in [6.07, 6.45) is 6.81. The zero-order valence-electron chi connectivity index (χ0n) is 12.1. The minimum absolute atomic E-state index is 0.657. The number of hydrogen-bond donors (Lipinski definition) is 1. The molecule has 1 aromatic carbocycles. The van der Waals surface area contributed by atoms with Gasteiger partial charge in [-0.2, -0.15) is 0 Å². The first-order valence-electron chi connectivity index (χ1n) is 7.45. The van der Waals surface area contributed by atoms with E-state index in [9.17, 15) is 0 Å². The first-order valence-corrected chi connectivity index (χ1v) is 7.45. The molecule has 0 amide bonds. The van der Waals surface area contributed by atoms with Crippen molar-refractivity contribution < 1.29 is 0 Å². The second kappa shape index (κ2) is 6.38. The molecule has 1 saturated carbocycles. The summed E-state index contributed by atoms with van der Waals surface area (Å²) in [5, 5.41) is 3.55. The summed E-state index contributed by atoms with van der Waals surface area (Å²) < 4.78 is 0. The number of likely N-dealkylation sites (N-methyl/N-ethyl adjacent to an activating group) is 1. The van der Waals surface area contributed by atoms with Crippen LogP contribution in [0.25, 0.3) is 0 Å². The average Bonchev–Trinajstić information content (AvgIpc) is 2.87. The highest BCUT2D eigenvalue weighted by molar-refractivity contribution is 5.22. The lowest BCUT2D eigenvalue weighted by Gasteiger charge is -2.23. The van der Waals surface area contributed by atoms with Gasteiger partial charge in [-0.1, -0.05) is 49.6 Å². The number of aryl methyl sites for hydroxylation is 1. The van der Waals surface area contributed by atoms with E-state index >= 15 is 0 Å². The van der Waals surface area contributed by atoms with Crippen molar-refractivity contribution in [1.29, 1.82) is 0 Å². The van der Waals surface area contributed by atoms with E-state index in [1.165, 1.54) is 43.2 Å². The molecular weight excluding hydrogens is 218 g/mol. The lowest BCUT2D eigenvalue weighted by molar-refractivity contribution is 0.361. The molecule has 2 rings (SSSR count). The van der Waals surface area contributed by atoms with Gasteiger partial charge >= 0.3 is 0 Å². The zero-order chi connectivity index (χ0) is 13.0. The maximum atomic E-state index is 3.55. The largest absolute Gasteiger partial charge is 0.316 e. The van der Waals surface area contributed by atoms with Crippen LogP contribution >= 0.6 is 0 Å². The van der Waals surface area contributed by atoms with E-state index < -0.39 is 0 Å². The van der Waals surface area contributed by atoms with Crippen LogP contribution in [0.1, 0.15) is 43.7 Å². The van der Waals surface area contributed by atoms with Gasteiger partial charge in [0.1, 0.15) is 0 Å². The van der Waals surface area contributed by atoms with Crippen molar-refractivity contribution in [2.75, 3.05) is 7.05 Å². The van der Waals surface area contributed by atoms with E-state index in [-0.39, 0.29) is 0 Å². The van der Waals surface area contributed by atoms with Gasteiger partial charge in [0.25, 0.3) is 0 Å². The maximum absolute atomic E-state index is 3.55. The topological polar surface area (TPSA) is 12.0 Å². The SMILES string of the molecule is CCC1CCC(C(Cc2ccc(C)cc2)NC)C1. The molecule has 3 unspecified atom stereocenters. The second-order valence-corrected chi connectivity index (χ2v) is 5.93. The predicted molar refractivity (Wildman–Crippen MR) is 78.9 cm³/mol. The minimum Gasteiger partial charge on any atom is -0.316 e. The third-order valence-electron chi connectivity index (χ3n) is 4.68. The Morgan fingerprint density at radius 1 is 1.22 bits per heavy atom. The van der Waals surface area contributed by atoms with Gasteiger partial charge in [-0.3, -0.25) is 0 Å². The first-order chi connectivity index (χ1) is 8.72. The zero-order valence-corrected chi connectivity index (χ0v) is 12.1. The molecule has 18 heavy (non-hydrogen) atoms. The highest BCUT2D eigenvalue weighted by Crippen LogP contribution is 2.35. The molecule has 0 aliphatic heterocycles. The van der Waals surface area contributed by atoms with Crippen LogP contribution in [0.2, 0.25) is 0 Å². The highest BCUT2D eigenvalue weighted by atomic mass is 14.9. The van der Waals surface area contributed by atoms with Crippen LogP contribution in [0.3, 0.4) is 0 Å². The van der Waals surface area contributed by atoms with Crippen LogP contribution in [0.5, 0.6) is 0 Å². The van der Waals surface area contributed by atoms with Crippen LogP contribution in [0.4, 0.5) is 0 Å².